The highest BCUT2D eigenvalue weighted by atomic mass is 16.5. The zero-order valence-electron chi connectivity index (χ0n) is 13.1. The van der Waals surface area contributed by atoms with Crippen LogP contribution in [0.1, 0.15) is 25.0 Å². The average Bonchev–Trinajstić information content (AvgIpc) is 3.09. The molecular formula is C18H20N2O3. The normalized spacial score (nSPS) is 17.0. The van der Waals surface area contributed by atoms with Crippen LogP contribution in [0.5, 0.6) is 5.75 Å². The second-order valence-electron chi connectivity index (χ2n) is 5.61. The van der Waals surface area contributed by atoms with Gasteiger partial charge in [-0.25, -0.2) is 0 Å². The molecule has 1 atom stereocenters. The van der Waals surface area contributed by atoms with Crippen molar-refractivity contribution in [2.24, 2.45) is 5.92 Å². The summed E-state index contributed by atoms with van der Waals surface area (Å²) in [7, 11) is 1.63. The van der Waals surface area contributed by atoms with Crippen LogP contribution >= 0.6 is 0 Å². The van der Waals surface area contributed by atoms with Gasteiger partial charge >= 0.3 is 0 Å². The molecular weight excluding hydrogens is 292 g/mol. The lowest BCUT2D eigenvalue weighted by molar-refractivity contribution is -0.125. The molecule has 1 heterocycles. The molecule has 1 aliphatic rings. The van der Waals surface area contributed by atoms with Gasteiger partial charge in [0.25, 0.3) is 0 Å². The van der Waals surface area contributed by atoms with Crippen molar-refractivity contribution < 1.29 is 14.1 Å². The molecule has 0 spiro atoms. The molecule has 1 aromatic carbocycles. The molecule has 5 nitrogen and oxygen atoms in total. The first kappa shape index (κ1) is 15.3. The van der Waals surface area contributed by atoms with E-state index in [0.717, 1.165) is 36.3 Å². The predicted octanol–water partition coefficient (Wildman–Crippen LogP) is 3.32. The Morgan fingerprint density at radius 1 is 1.35 bits per heavy atom. The second kappa shape index (κ2) is 7.13. The van der Waals surface area contributed by atoms with Crippen LogP contribution in [0.2, 0.25) is 0 Å². The molecule has 1 N–H and O–H groups in total. The maximum Gasteiger partial charge on any atom is 0.223 e. The molecule has 3 rings (SSSR count). The number of hydrogen-bond donors (Lipinski definition) is 1. The number of rotatable bonds is 5. The molecule has 120 valence electrons. The van der Waals surface area contributed by atoms with Gasteiger partial charge < -0.3 is 14.6 Å². The van der Waals surface area contributed by atoms with Gasteiger partial charge in [-0.1, -0.05) is 17.3 Å². The van der Waals surface area contributed by atoms with Crippen LogP contribution in [0.15, 0.2) is 47.0 Å². The fraction of sp³-hybridized carbons (Fsp3) is 0.333. The van der Waals surface area contributed by atoms with Crippen molar-refractivity contribution in [2.45, 2.75) is 25.8 Å². The number of ether oxygens (including phenoxy) is 1. The summed E-state index contributed by atoms with van der Waals surface area (Å²) >= 11 is 0. The SMILES string of the molecule is COc1ccc(-c2cc(CNC(=O)C3CC=CCC3)no2)cc1. The van der Waals surface area contributed by atoms with Crippen molar-refractivity contribution in [2.75, 3.05) is 7.11 Å². The molecule has 1 aromatic heterocycles. The van der Waals surface area contributed by atoms with Gasteiger partial charge in [0.15, 0.2) is 5.76 Å². The van der Waals surface area contributed by atoms with E-state index in [4.69, 9.17) is 9.26 Å². The Labute approximate surface area is 135 Å². The topological polar surface area (TPSA) is 64.4 Å². The number of hydrogen-bond acceptors (Lipinski definition) is 4. The highest BCUT2D eigenvalue weighted by Crippen LogP contribution is 2.23. The summed E-state index contributed by atoms with van der Waals surface area (Å²) in [5.41, 5.74) is 1.64. The number of amides is 1. The highest BCUT2D eigenvalue weighted by molar-refractivity contribution is 5.78. The Morgan fingerprint density at radius 2 is 2.17 bits per heavy atom. The van der Waals surface area contributed by atoms with Gasteiger partial charge in [-0.2, -0.15) is 0 Å². The maximum absolute atomic E-state index is 12.1. The molecule has 0 saturated carbocycles. The number of carbonyl (C=O) groups is 1. The second-order valence-corrected chi connectivity index (χ2v) is 5.61. The summed E-state index contributed by atoms with van der Waals surface area (Å²) in [4.78, 5) is 12.1. The lowest BCUT2D eigenvalue weighted by Crippen LogP contribution is -2.30. The summed E-state index contributed by atoms with van der Waals surface area (Å²) in [6.45, 7) is 0.388. The molecule has 1 aliphatic carbocycles. The third kappa shape index (κ3) is 3.80. The maximum atomic E-state index is 12.1. The third-order valence-electron chi connectivity index (χ3n) is 4.02. The van der Waals surface area contributed by atoms with Gasteiger partial charge in [0, 0.05) is 17.5 Å². The first-order valence-corrected chi connectivity index (χ1v) is 7.79. The van der Waals surface area contributed by atoms with E-state index in [1.165, 1.54) is 0 Å². The van der Waals surface area contributed by atoms with Gasteiger partial charge in [0.2, 0.25) is 5.91 Å². The Morgan fingerprint density at radius 3 is 2.87 bits per heavy atom. The van der Waals surface area contributed by atoms with E-state index in [9.17, 15) is 4.79 Å². The van der Waals surface area contributed by atoms with Crippen molar-refractivity contribution in [3.05, 3.63) is 48.2 Å². The standard InChI is InChI=1S/C18H20N2O3/c1-22-16-9-7-13(8-10-16)17-11-15(20-23-17)12-19-18(21)14-5-3-2-4-6-14/h2-3,7-11,14H,4-6,12H2,1H3,(H,19,21). The van der Waals surface area contributed by atoms with Crippen LogP contribution in [-0.2, 0) is 11.3 Å². The van der Waals surface area contributed by atoms with Crippen LogP contribution in [0.4, 0.5) is 0 Å². The number of benzene rings is 1. The number of methoxy groups -OCH3 is 1. The molecule has 1 amide bonds. The molecule has 5 heteroatoms. The van der Waals surface area contributed by atoms with Gasteiger partial charge in [-0.3, -0.25) is 4.79 Å². The third-order valence-corrected chi connectivity index (χ3v) is 4.02. The molecule has 0 radical (unpaired) electrons. The first-order chi connectivity index (χ1) is 11.3. The minimum absolute atomic E-state index is 0.0768. The van der Waals surface area contributed by atoms with Crippen LogP contribution in [0.25, 0.3) is 11.3 Å². The zero-order chi connectivity index (χ0) is 16.1. The van der Waals surface area contributed by atoms with Crippen LogP contribution in [-0.4, -0.2) is 18.2 Å². The Balaban J connectivity index is 1.58. The van der Waals surface area contributed by atoms with E-state index in [1.807, 2.05) is 30.3 Å². The fourth-order valence-electron chi connectivity index (χ4n) is 2.64. The van der Waals surface area contributed by atoms with Crippen molar-refractivity contribution in [1.82, 2.24) is 10.5 Å². The number of carbonyl (C=O) groups excluding carboxylic acids is 1. The van der Waals surface area contributed by atoms with E-state index in [0.29, 0.717) is 12.3 Å². The lowest BCUT2D eigenvalue weighted by Gasteiger charge is -2.16. The molecule has 0 aliphatic heterocycles. The van der Waals surface area contributed by atoms with E-state index in [-0.39, 0.29) is 11.8 Å². The smallest absolute Gasteiger partial charge is 0.223 e. The van der Waals surface area contributed by atoms with Gasteiger partial charge in [-0.15, -0.1) is 0 Å². The molecule has 2 aromatic rings. The first-order valence-electron chi connectivity index (χ1n) is 7.79. The van der Waals surface area contributed by atoms with Crippen LogP contribution in [0.3, 0.4) is 0 Å². The van der Waals surface area contributed by atoms with Crippen molar-refractivity contribution in [1.29, 1.82) is 0 Å². The van der Waals surface area contributed by atoms with E-state index in [2.05, 4.69) is 22.6 Å². The predicted molar refractivity (Wildman–Crippen MR) is 86.8 cm³/mol. The number of nitrogens with zero attached hydrogens (tertiary/aromatic N) is 1. The van der Waals surface area contributed by atoms with E-state index in [1.54, 1.807) is 7.11 Å². The molecule has 23 heavy (non-hydrogen) atoms. The molecule has 0 saturated heterocycles. The van der Waals surface area contributed by atoms with Gasteiger partial charge in [0.1, 0.15) is 11.4 Å². The minimum Gasteiger partial charge on any atom is -0.497 e. The molecule has 1 unspecified atom stereocenters. The number of aromatic nitrogens is 1. The fourth-order valence-corrected chi connectivity index (χ4v) is 2.64. The lowest BCUT2D eigenvalue weighted by atomic mass is 9.94. The van der Waals surface area contributed by atoms with Crippen molar-refractivity contribution in [3.8, 4) is 17.1 Å². The van der Waals surface area contributed by atoms with Gasteiger partial charge in [0.05, 0.1) is 13.7 Å². The number of nitrogens with one attached hydrogen (secondary N) is 1. The monoisotopic (exact) mass is 312 g/mol. The Hall–Kier alpha value is -2.56. The van der Waals surface area contributed by atoms with Crippen LogP contribution < -0.4 is 10.1 Å². The average molecular weight is 312 g/mol. The Kier molecular flexibility index (Phi) is 4.76. The van der Waals surface area contributed by atoms with E-state index < -0.39 is 0 Å². The molecule has 0 bridgehead atoms. The van der Waals surface area contributed by atoms with E-state index >= 15 is 0 Å². The van der Waals surface area contributed by atoms with Crippen molar-refractivity contribution in [3.63, 3.8) is 0 Å². The molecule has 0 fully saturated rings. The van der Waals surface area contributed by atoms with Gasteiger partial charge in [-0.05, 0) is 43.5 Å². The van der Waals surface area contributed by atoms with Crippen molar-refractivity contribution >= 4 is 5.91 Å². The summed E-state index contributed by atoms with van der Waals surface area (Å²) in [6, 6.07) is 9.42. The summed E-state index contributed by atoms with van der Waals surface area (Å²) in [5, 5.41) is 6.95. The quantitative estimate of drug-likeness (QED) is 0.860. The van der Waals surface area contributed by atoms with Crippen LogP contribution in [0, 0.1) is 5.92 Å². The summed E-state index contributed by atoms with van der Waals surface area (Å²) in [6.07, 6.45) is 6.91. The Bertz CT molecular complexity index is 689. The number of allylic oxidation sites excluding steroid dienone is 2. The largest absolute Gasteiger partial charge is 0.497 e. The summed E-state index contributed by atoms with van der Waals surface area (Å²) in [5.74, 6) is 1.64. The minimum atomic E-state index is 0.0768. The summed E-state index contributed by atoms with van der Waals surface area (Å²) < 4.78 is 10.5. The highest BCUT2D eigenvalue weighted by Gasteiger charge is 2.18. The zero-order valence-corrected chi connectivity index (χ0v) is 13.1.